The van der Waals surface area contributed by atoms with Gasteiger partial charge in [0, 0.05) is 24.3 Å². The third-order valence-electron chi connectivity index (χ3n) is 5.11. The lowest BCUT2D eigenvalue weighted by atomic mass is 9.95. The van der Waals surface area contributed by atoms with Crippen LogP contribution in [0.25, 0.3) is 5.69 Å². The molecule has 5 heteroatoms. The average Bonchev–Trinajstić information content (AvgIpc) is 3.19. The highest BCUT2D eigenvalue weighted by molar-refractivity contribution is 5.94. The summed E-state index contributed by atoms with van der Waals surface area (Å²) in [5.41, 5.74) is 5.09. The number of carbonyl (C=O) groups is 1. The molecule has 1 fully saturated rings. The highest BCUT2D eigenvalue weighted by atomic mass is 16.3. The lowest BCUT2D eigenvalue weighted by molar-refractivity contribution is 0.0757. The maximum atomic E-state index is 12.9. The van der Waals surface area contributed by atoms with Crippen LogP contribution >= 0.6 is 0 Å². The number of benzene rings is 1. The fraction of sp³-hybridized carbons (Fsp3) is 0.474. The van der Waals surface area contributed by atoms with Crippen molar-refractivity contribution in [1.82, 2.24) is 14.7 Å². The molecule has 1 aliphatic heterocycles. The SMILES string of the molecule is Cc1ccc(-n2nc(C(=O)N3CC[C@H](O)C3)c3c2CCCC3)cc1. The van der Waals surface area contributed by atoms with Gasteiger partial charge in [-0.1, -0.05) is 17.7 Å². The third-order valence-corrected chi connectivity index (χ3v) is 5.11. The van der Waals surface area contributed by atoms with Crippen molar-refractivity contribution in [3.8, 4) is 5.69 Å². The van der Waals surface area contributed by atoms with E-state index in [2.05, 4.69) is 31.2 Å². The second kappa shape index (κ2) is 6.06. The van der Waals surface area contributed by atoms with Gasteiger partial charge in [-0.2, -0.15) is 5.10 Å². The summed E-state index contributed by atoms with van der Waals surface area (Å²) in [6, 6.07) is 8.27. The lowest BCUT2D eigenvalue weighted by Crippen LogP contribution is -2.30. The number of fused-ring (bicyclic) bond motifs is 1. The van der Waals surface area contributed by atoms with Crippen LogP contribution in [0, 0.1) is 6.92 Å². The number of rotatable bonds is 2. The number of amides is 1. The molecule has 1 saturated heterocycles. The Morgan fingerprint density at radius 1 is 1.21 bits per heavy atom. The molecular weight excluding hydrogens is 302 g/mol. The zero-order valence-electron chi connectivity index (χ0n) is 14.0. The van der Waals surface area contributed by atoms with E-state index in [1.165, 1.54) is 11.3 Å². The molecule has 1 aromatic carbocycles. The molecule has 4 rings (SSSR count). The predicted octanol–water partition coefficient (Wildman–Crippen LogP) is 2.27. The molecule has 2 aliphatic rings. The quantitative estimate of drug-likeness (QED) is 0.921. The Hall–Kier alpha value is -2.14. The molecule has 0 bridgehead atoms. The number of aliphatic hydroxyl groups is 1. The lowest BCUT2D eigenvalue weighted by Gasteiger charge is -2.16. The third kappa shape index (κ3) is 2.63. The van der Waals surface area contributed by atoms with Crippen LogP contribution in [0.5, 0.6) is 0 Å². The molecule has 0 saturated carbocycles. The molecule has 2 aromatic rings. The van der Waals surface area contributed by atoms with E-state index in [1.54, 1.807) is 4.90 Å². The number of likely N-dealkylation sites (tertiary alicyclic amines) is 1. The second-order valence-corrected chi connectivity index (χ2v) is 6.92. The maximum absolute atomic E-state index is 12.9. The number of aliphatic hydroxyl groups excluding tert-OH is 1. The van der Waals surface area contributed by atoms with Crippen molar-refractivity contribution in [2.75, 3.05) is 13.1 Å². The second-order valence-electron chi connectivity index (χ2n) is 6.92. The zero-order chi connectivity index (χ0) is 16.7. The molecule has 5 nitrogen and oxygen atoms in total. The summed E-state index contributed by atoms with van der Waals surface area (Å²) < 4.78 is 1.95. The number of hydrogen-bond donors (Lipinski definition) is 1. The van der Waals surface area contributed by atoms with Gasteiger partial charge in [0.25, 0.3) is 5.91 Å². The van der Waals surface area contributed by atoms with Crippen LogP contribution in [0.3, 0.4) is 0 Å². The standard InChI is InChI=1S/C19H23N3O2/c1-13-6-8-14(9-7-13)22-17-5-3-2-4-16(17)18(20-22)19(24)21-11-10-15(23)12-21/h6-9,15,23H,2-5,10-12H2,1H3/t15-/m0/s1. The van der Waals surface area contributed by atoms with Gasteiger partial charge in [-0.05, 0) is 51.2 Å². The summed E-state index contributed by atoms with van der Waals surface area (Å²) in [7, 11) is 0. The number of carbonyl (C=O) groups excluding carboxylic acids is 1. The van der Waals surface area contributed by atoms with Gasteiger partial charge in [0.05, 0.1) is 11.8 Å². The van der Waals surface area contributed by atoms with Crippen molar-refractivity contribution in [2.24, 2.45) is 0 Å². The van der Waals surface area contributed by atoms with E-state index >= 15 is 0 Å². The Morgan fingerprint density at radius 3 is 2.67 bits per heavy atom. The summed E-state index contributed by atoms with van der Waals surface area (Å²) >= 11 is 0. The van der Waals surface area contributed by atoms with Crippen LogP contribution in [0.1, 0.15) is 46.6 Å². The average molecular weight is 325 g/mol. The first kappa shape index (κ1) is 15.4. The van der Waals surface area contributed by atoms with Gasteiger partial charge in [0.1, 0.15) is 0 Å². The summed E-state index contributed by atoms with van der Waals surface area (Å²) in [5.74, 6) is -0.0319. The number of aryl methyl sites for hydroxylation is 1. The largest absolute Gasteiger partial charge is 0.391 e. The van der Waals surface area contributed by atoms with E-state index in [9.17, 15) is 9.90 Å². The fourth-order valence-electron chi connectivity index (χ4n) is 3.75. The van der Waals surface area contributed by atoms with Crippen LogP contribution in [-0.2, 0) is 12.8 Å². The molecule has 1 aliphatic carbocycles. The number of nitrogens with zero attached hydrogens (tertiary/aromatic N) is 3. The van der Waals surface area contributed by atoms with Crippen LogP contribution < -0.4 is 0 Å². The number of hydrogen-bond acceptors (Lipinski definition) is 3. The maximum Gasteiger partial charge on any atom is 0.274 e. The minimum atomic E-state index is -0.399. The Bertz CT molecular complexity index is 764. The molecule has 0 radical (unpaired) electrons. The highest BCUT2D eigenvalue weighted by Crippen LogP contribution is 2.28. The van der Waals surface area contributed by atoms with Crippen molar-refractivity contribution in [3.63, 3.8) is 0 Å². The Kier molecular flexibility index (Phi) is 3.88. The molecule has 0 unspecified atom stereocenters. The number of β-amino-alcohol motifs (C(OH)–C–C–N with tert-alkyl or cyclic N) is 1. The summed E-state index contributed by atoms with van der Waals surface area (Å²) in [4.78, 5) is 14.6. The molecular formula is C19H23N3O2. The molecule has 0 spiro atoms. The molecule has 1 atom stereocenters. The van der Waals surface area contributed by atoms with Crippen molar-refractivity contribution < 1.29 is 9.90 Å². The van der Waals surface area contributed by atoms with Gasteiger partial charge in [-0.3, -0.25) is 4.79 Å². The first-order chi connectivity index (χ1) is 11.6. The van der Waals surface area contributed by atoms with Gasteiger partial charge >= 0.3 is 0 Å². The predicted molar refractivity (Wildman–Crippen MR) is 91.5 cm³/mol. The summed E-state index contributed by atoms with van der Waals surface area (Å²) in [6.07, 6.45) is 4.39. The van der Waals surface area contributed by atoms with Gasteiger partial charge < -0.3 is 10.0 Å². The molecule has 24 heavy (non-hydrogen) atoms. The summed E-state index contributed by atoms with van der Waals surface area (Å²) in [6.45, 7) is 3.10. The topological polar surface area (TPSA) is 58.4 Å². The summed E-state index contributed by atoms with van der Waals surface area (Å²) in [5, 5.41) is 14.4. The van der Waals surface area contributed by atoms with E-state index < -0.39 is 6.10 Å². The van der Waals surface area contributed by atoms with E-state index in [1.807, 2.05) is 4.68 Å². The normalized spacial score (nSPS) is 20.2. The van der Waals surface area contributed by atoms with Crippen molar-refractivity contribution >= 4 is 5.91 Å². The van der Waals surface area contributed by atoms with Crippen LogP contribution in [0.2, 0.25) is 0 Å². The van der Waals surface area contributed by atoms with Gasteiger partial charge in [-0.15, -0.1) is 0 Å². The minimum absolute atomic E-state index is 0.0319. The molecule has 1 N–H and O–H groups in total. The molecule has 1 aromatic heterocycles. The molecule has 1 amide bonds. The van der Waals surface area contributed by atoms with Crippen LogP contribution in [0.4, 0.5) is 0 Å². The van der Waals surface area contributed by atoms with E-state index in [0.29, 0.717) is 25.2 Å². The monoisotopic (exact) mass is 325 g/mol. The van der Waals surface area contributed by atoms with Crippen LogP contribution in [0.15, 0.2) is 24.3 Å². The Morgan fingerprint density at radius 2 is 1.96 bits per heavy atom. The van der Waals surface area contributed by atoms with Crippen LogP contribution in [-0.4, -0.2) is 44.9 Å². The van der Waals surface area contributed by atoms with Gasteiger partial charge in [0.15, 0.2) is 5.69 Å². The fourth-order valence-corrected chi connectivity index (χ4v) is 3.75. The van der Waals surface area contributed by atoms with Crippen molar-refractivity contribution in [2.45, 2.75) is 45.1 Å². The smallest absolute Gasteiger partial charge is 0.274 e. The van der Waals surface area contributed by atoms with E-state index in [0.717, 1.165) is 36.9 Å². The van der Waals surface area contributed by atoms with Gasteiger partial charge in [-0.25, -0.2) is 4.68 Å². The zero-order valence-corrected chi connectivity index (χ0v) is 14.0. The van der Waals surface area contributed by atoms with Crippen molar-refractivity contribution in [1.29, 1.82) is 0 Å². The first-order valence-corrected chi connectivity index (χ1v) is 8.78. The number of aromatic nitrogens is 2. The highest BCUT2D eigenvalue weighted by Gasteiger charge is 2.31. The van der Waals surface area contributed by atoms with E-state index in [-0.39, 0.29) is 5.91 Å². The molecule has 2 heterocycles. The van der Waals surface area contributed by atoms with Gasteiger partial charge in [0.2, 0.25) is 0 Å². The Labute approximate surface area is 141 Å². The first-order valence-electron chi connectivity index (χ1n) is 8.78. The minimum Gasteiger partial charge on any atom is -0.391 e. The van der Waals surface area contributed by atoms with Crippen molar-refractivity contribution in [3.05, 3.63) is 46.8 Å². The van der Waals surface area contributed by atoms with E-state index in [4.69, 9.17) is 5.10 Å². The Balaban J connectivity index is 1.75. The molecule has 126 valence electrons.